The number of hydrogen-bond donors (Lipinski definition) is 3. The van der Waals surface area contributed by atoms with Crippen LogP contribution in [0.15, 0.2) is 90.3 Å². The van der Waals surface area contributed by atoms with Crippen LogP contribution in [0.25, 0.3) is 21.5 Å². The molecule has 5 N–H and O–H groups in total. The molecule has 0 radical (unpaired) electrons. The summed E-state index contributed by atoms with van der Waals surface area (Å²) in [4.78, 5) is 37.0. The topological polar surface area (TPSA) is 118 Å². The Hall–Kier alpha value is -4.31. The van der Waals surface area contributed by atoms with Gasteiger partial charge in [0.2, 0.25) is 11.8 Å². The number of aromatic nitrogens is 1. The molecule has 0 saturated carbocycles. The quantitative estimate of drug-likeness (QED) is 0.121. The Morgan fingerprint density at radius 1 is 0.800 bits per heavy atom. The van der Waals surface area contributed by atoms with E-state index in [1.807, 2.05) is 46.4 Å². The van der Waals surface area contributed by atoms with E-state index in [9.17, 15) is 9.59 Å². The van der Waals surface area contributed by atoms with Crippen molar-refractivity contribution >= 4 is 49.8 Å². The Kier molecular flexibility index (Phi) is 11.5. The van der Waals surface area contributed by atoms with E-state index in [2.05, 4.69) is 84.8 Å². The molecule has 50 heavy (non-hydrogen) atoms. The minimum Gasteiger partial charge on any atom is -0.362 e. The van der Waals surface area contributed by atoms with Crippen LogP contribution in [0.3, 0.4) is 0 Å². The molecule has 0 spiro atoms. The number of carbonyl (C=O) groups excluding carboxylic acids is 2. The van der Waals surface area contributed by atoms with Gasteiger partial charge in [-0.15, -0.1) is 11.3 Å². The normalized spacial score (nSPS) is 17.7. The summed E-state index contributed by atoms with van der Waals surface area (Å²) in [5.74, 6) is 0.212. The first kappa shape index (κ1) is 35.5. The van der Waals surface area contributed by atoms with Crippen LogP contribution in [-0.2, 0) is 22.4 Å². The summed E-state index contributed by atoms with van der Waals surface area (Å²) >= 11 is 1.59. The Balaban J connectivity index is 1.20. The number of nitrogens with one attached hydrogen (secondary N) is 1. The molecule has 1 aromatic heterocycles. The summed E-state index contributed by atoms with van der Waals surface area (Å²) in [6, 6.07) is 27.3. The maximum atomic E-state index is 14.3. The molecule has 0 unspecified atom stereocenters. The number of fused-ring (bicyclic) bond motifs is 2. The van der Waals surface area contributed by atoms with E-state index >= 15 is 0 Å². The second kappa shape index (κ2) is 16.1. The van der Waals surface area contributed by atoms with Crippen LogP contribution < -0.4 is 16.8 Å². The molecule has 4 aromatic carbocycles. The highest BCUT2D eigenvalue weighted by molar-refractivity contribution is 7.13. The average Bonchev–Trinajstić information content (AvgIpc) is 3.53. The third kappa shape index (κ3) is 8.70. The number of thiazole rings is 1. The van der Waals surface area contributed by atoms with Gasteiger partial charge in [-0.3, -0.25) is 9.59 Å². The van der Waals surface area contributed by atoms with Gasteiger partial charge >= 0.3 is 0 Å². The van der Waals surface area contributed by atoms with Crippen molar-refractivity contribution in [3.8, 4) is 0 Å². The minimum absolute atomic E-state index is 0.0576. The first-order valence-corrected chi connectivity index (χ1v) is 18.8. The maximum absolute atomic E-state index is 14.3. The van der Waals surface area contributed by atoms with E-state index in [1.54, 1.807) is 11.3 Å². The lowest BCUT2D eigenvalue weighted by Gasteiger charge is -2.48. The number of anilines is 1. The highest BCUT2D eigenvalue weighted by Gasteiger charge is 2.40. The number of nitrogens with two attached hydrogens (primary N) is 2. The Labute approximate surface area is 299 Å². The SMILES string of the molecule is Cc1csc(NCCC[C@H]2CN(C(=O)[C@H](N)Cc3ccc4ccccc4c3)[C@H](CC(C)C)CN2C(=O)[C@H](N)Cc2ccc3ccccc3c2)n1. The van der Waals surface area contributed by atoms with Gasteiger partial charge < -0.3 is 26.6 Å². The van der Waals surface area contributed by atoms with E-state index in [4.69, 9.17) is 11.5 Å². The van der Waals surface area contributed by atoms with Crippen molar-refractivity contribution in [2.45, 2.75) is 77.0 Å². The number of nitrogens with zero attached hydrogens (tertiary/aromatic N) is 3. The summed E-state index contributed by atoms with van der Waals surface area (Å²) in [5.41, 5.74) is 16.5. The van der Waals surface area contributed by atoms with Crippen molar-refractivity contribution in [2.75, 3.05) is 25.0 Å². The lowest BCUT2D eigenvalue weighted by molar-refractivity contribution is -0.149. The van der Waals surface area contributed by atoms with Crippen LogP contribution in [-0.4, -0.2) is 70.4 Å². The summed E-state index contributed by atoms with van der Waals surface area (Å²) in [7, 11) is 0. The van der Waals surface area contributed by atoms with Crippen molar-refractivity contribution in [1.29, 1.82) is 0 Å². The predicted molar refractivity (Wildman–Crippen MR) is 206 cm³/mol. The Bertz CT molecular complexity index is 1920. The van der Waals surface area contributed by atoms with Crippen LogP contribution in [0.2, 0.25) is 0 Å². The predicted octanol–water partition coefficient (Wildman–Crippen LogP) is 6.54. The van der Waals surface area contributed by atoms with Gasteiger partial charge in [-0.2, -0.15) is 0 Å². The van der Waals surface area contributed by atoms with E-state index in [1.165, 1.54) is 0 Å². The van der Waals surface area contributed by atoms with Gasteiger partial charge in [0.05, 0.1) is 17.8 Å². The number of aryl methyl sites for hydroxylation is 1. The van der Waals surface area contributed by atoms with Gasteiger partial charge in [-0.25, -0.2) is 4.98 Å². The first-order valence-electron chi connectivity index (χ1n) is 17.9. The molecule has 8 nitrogen and oxygen atoms in total. The van der Waals surface area contributed by atoms with E-state index in [-0.39, 0.29) is 23.9 Å². The van der Waals surface area contributed by atoms with E-state index < -0.39 is 12.1 Å². The van der Waals surface area contributed by atoms with Crippen LogP contribution in [0, 0.1) is 12.8 Å². The van der Waals surface area contributed by atoms with Crippen LogP contribution in [0.4, 0.5) is 5.13 Å². The number of benzene rings is 4. The second-order valence-electron chi connectivity index (χ2n) is 14.3. The van der Waals surface area contributed by atoms with Gasteiger partial charge in [0.1, 0.15) is 0 Å². The number of piperazine rings is 1. The zero-order valence-corrected chi connectivity index (χ0v) is 30.2. The van der Waals surface area contributed by atoms with Crippen LogP contribution in [0.1, 0.15) is 49.9 Å². The lowest BCUT2D eigenvalue weighted by Crippen LogP contribution is -2.65. The van der Waals surface area contributed by atoms with Gasteiger partial charge in [0.25, 0.3) is 0 Å². The molecule has 1 aliphatic heterocycles. The number of hydrogen-bond acceptors (Lipinski definition) is 7. The zero-order valence-electron chi connectivity index (χ0n) is 29.4. The van der Waals surface area contributed by atoms with Crippen molar-refractivity contribution in [2.24, 2.45) is 17.4 Å². The lowest BCUT2D eigenvalue weighted by atomic mass is 9.93. The molecule has 1 fully saturated rings. The highest BCUT2D eigenvalue weighted by Crippen LogP contribution is 2.27. The van der Waals surface area contributed by atoms with Crippen molar-refractivity contribution in [3.05, 3.63) is 107 Å². The fourth-order valence-electron chi connectivity index (χ4n) is 7.29. The monoisotopic (exact) mass is 690 g/mol. The Morgan fingerprint density at radius 2 is 1.32 bits per heavy atom. The smallest absolute Gasteiger partial charge is 0.240 e. The first-order chi connectivity index (χ1) is 24.1. The van der Waals surface area contributed by atoms with Gasteiger partial charge in [-0.1, -0.05) is 98.8 Å². The largest absolute Gasteiger partial charge is 0.362 e. The molecule has 262 valence electrons. The summed E-state index contributed by atoms with van der Waals surface area (Å²) in [6.07, 6.45) is 3.22. The molecule has 5 aromatic rings. The molecule has 1 aliphatic rings. The summed E-state index contributed by atoms with van der Waals surface area (Å²) in [5, 5.41) is 10.9. The summed E-state index contributed by atoms with van der Waals surface area (Å²) in [6.45, 7) is 7.91. The maximum Gasteiger partial charge on any atom is 0.240 e. The fraction of sp³-hybridized carbons (Fsp3) is 0.390. The fourth-order valence-corrected chi connectivity index (χ4v) is 8.01. The van der Waals surface area contributed by atoms with Gasteiger partial charge in [0.15, 0.2) is 5.13 Å². The summed E-state index contributed by atoms with van der Waals surface area (Å²) < 4.78 is 0. The molecule has 1 saturated heterocycles. The van der Waals surface area contributed by atoms with Crippen LogP contribution >= 0.6 is 11.3 Å². The third-order valence-corrected chi connectivity index (χ3v) is 10.7. The molecule has 2 heterocycles. The number of rotatable bonds is 13. The zero-order chi connectivity index (χ0) is 35.2. The van der Waals surface area contributed by atoms with Crippen molar-refractivity contribution < 1.29 is 9.59 Å². The van der Waals surface area contributed by atoms with Crippen LogP contribution in [0.5, 0.6) is 0 Å². The van der Waals surface area contributed by atoms with E-state index in [0.717, 1.165) is 69.3 Å². The number of amides is 2. The molecule has 0 aliphatic carbocycles. The average molecular weight is 691 g/mol. The third-order valence-electron chi connectivity index (χ3n) is 9.79. The molecule has 9 heteroatoms. The van der Waals surface area contributed by atoms with Gasteiger partial charge in [0, 0.05) is 37.1 Å². The van der Waals surface area contributed by atoms with E-state index in [0.29, 0.717) is 31.8 Å². The standard InChI is InChI=1S/C41H50N6O2S/c1-27(2)19-36-25-46(39(48)37(42)22-29-14-16-31-9-4-6-11-33(31)20-29)35(13-8-18-44-41-45-28(3)26-50-41)24-47(36)40(49)38(43)23-30-15-17-32-10-5-7-12-34(32)21-30/h4-7,9-12,14-17,20-21,26-27,35-38H,8,13,18-19,22-25,42-43H2,1-3H3,(H,44,45)/t35-,36+,37+,38+/m0/s1. The highest BCUT2D eigenvalue weighted by atomic mass is 32.1. The minimum atomic E-state index is -0.688. The van der Waals surface area contributed by atoms with Crippen molar-refractivity contribution in [1.82, 2.24) is 14.8 Å². The van der Waals surface area contributed by atoms with Gasteiger partial charge in [-0.05, 0) is 77.6 Å². The molecule has 6 rings (SSSR count). The molecule has 2 amide bonds. The molecule has 0 bridgehead atoms. The second-order valence-corrected chi connectivity index (χ2v) is 15.1. The molecular formula is C41H50N6O2S. The molecular weight excluding hydrogens is 641 g/mol. The van der Waals surface area contributed by atoms with Crippen molar-refractivity contribution in [3.63, 3.8) is 0 Å². The molecule has 4 atom stereocenters. The Morgan fingerprint density at radius 3 is 1.84 bits per heavy atom. The number of carbonyl (C=O) groups is 2.